The quantitative estimate of drug-likeness (QED) is 0.766. The molecule has 0 saturated carbocycles. The van der Waals surface area contributed by atoms with Crippen molar-refractivity contribution in [3.8, 4) is 0 Å². The summed E-state index contributed by atoms with van der Waals surface area (Å²) in [5, 5.41) is 6.66. The molecule has 0 aliphatic heterocycles. The van der Waals surface area contributed by atoms with Gasteiger partial charge in [0.1, 0.15) is 5.69 Å². The number of aryl methyl sites for hydroxylation is 1. The van der Waals surface area contributed by atoms with E-state index in [1.165, 1.54) is 5.57 Å². The lowest BCUT2D eigenvalue weighted by Crippen LogP contribution is -2.13. The molecule has 4 nitrogen and oxygen atoms in total. The van der Waals surface area contributed by atoms with Crippen LogP contribution in [0, 0.1) is 6.92 Å². The second-order valence-electron chi connectivity index (χ2n) is 3.99. The minimum absolute atomic E-state index is 0.407. The number of nitrogens with one attached hydrogen (secondary N) is 1. The lowest BCUT2D eigenvalue weighted by molar-refractivity contribution is 0.0995. The van der Waals surface area contributed by atoms with Crippen molar-refractivity contribution in [3.05, 3.63) is 40.8 Å². The maximum Gasteiger partial charge on any atom is 0.267 e. The fourth-order valence-electron chi connectivity index (χ4n) is 1.66. The Labute approximate surface area is 102 Å². The highest BCUT2D eigenvalue weighted by Crippen LogP contribution is 2.12. The van der Waals surface area contributed by atoms with Gasteiger partial charge in [-0.2, -0.15) is 5.10 Å². The van der Waals surface area contributed by atoms with Crippen LogP contribution in [0.25, 0.3) is 0 Å². The molecule has 92 valence electrons. The largest absolute Gasteiger partial charge is 0.364 e. The van der Waals surface area contributed by atoms with Crippen LogP contribution in [0.3, 0.4) is 0 Å². The van der Waals surface area contributed by atoms with Gasteiger partial charge in [0.25, 0.3) is 5.91 Å². The van der Waals surface area contributed by atoms with E-state index in [9.17, 15) is 4.79 Å². The molecule has 3 N–H and O–H groups in total. The monoisotopic (exact) mass is 233 g/mol. The number of H-pyrrole nitrogens is 1. The smallest absolute Gasteiger partial charge is 0.267 e. The molecule has 4 heteroatoms. The van der Waals surface area contributed by atoms with Crippen LogP contribution >= 0.6 is 0 Å². The van der Waals surface area contributed by atoms with Crippen molar-refractivity contribution in [2.24, 2.45) is 5.73 Å². The van der Waals surface area contributed by atoms with Gasteiger partial charge >= 0.3 is 0 Å². The summed E-state index contributed by atoms with van der Waals surface area (Å²) in [7, 11) is 0. The first-order chi connectivity index (χ1) is 8.06. The summed E-state index contributed by atoms with van der Waals surface area (Å²) < 4.78 is 0. The van der Waals surface area contributed by atoms with E-state index in [0.717, 1.165) is 17.7 Å². The van der Waals surface area contributed by atoms with E-state index in [4.69, 9.17) is 5.73 Å². The first kappa shape index (κ1) is 13.2. The van der Waals surface area contributed by atoms with E-state index >= 15 is 0 Å². The Morgan fingerprint density at radius 2 is 2.24 bits per heavy atom. The minimum atomic E-state index is -0.463. The van der Waals surface area contributed by atoms with Crippen molar-refractivity contribution >= 4 is 5.91 Å². The Balaban J connectivity index is 2.79. The lowest BCUT2D eigenvalue weighted by Gasteiger charge is -1.97. The molecule has 0 saturated heterocycles. The SMILES string of the molecule is CCC=C(C)C=CCc1c(C)n[nH]c1C(N)=O. The average Bonchev–Trinajstić information content (AvgIpc) is 2.61. The standard InChI is InChI=1S/C13H19N3O/c1-4-6-9(2)7-5-8-11-10(3)15-16-12(11)13(14)17/h5-7H,4,8H2,1-3H3,(H2,14,17)(H,15,16). The Morgan fingerprint density at radius 3 is 2.82 bits per heavy atom. The van der Waals surface area contributed by atoms with E-state index < -0.39 is 5.91 Å². The number of aromatic nitrogens is 2. The minimum Gasteiger partial charge on any atom is -0.364 e. The van der Waals surface area contributed by atoms with E-state index in [1.54, 1.807) is 0 Å². The van der Waals surface area contributed by atoms with Crippen molar-refractivity contribution in [2.45, 2.75) is 33.6 Å². The third-order valence-electron chi connectivity index (χ3n) is 2.55. The molecule has 1 amide bonds. The molecule has 1 heterocycles. The highest BCUT2D eigenvalue weighted by molar-refractivity contribution is 5.92. The number of primary amides is 1. The lowest BCUT2D eigenvalue weighted by atomic mass is 10.1. The number of hydrogen-bond acceptors (Lipinski definition) is 2. The summed E-state index contributed by atoms with van der Waals surface area (Å²) in [6.45, 7) is 6.01. The van der Waals surface area contributed by atoms with Crippen LogP contribution < -0.4 is 5.73 Å². The van der Waals surface area contributed by atoms with Gasteiger partial charge in [-0.25, -0.2) is 0 Å². The van der Waals surface area contributed by atoms with Crippen molar-refractivity contribution in [1.29, 1.82) is 0 Å². The fraction of sp³-hybridized carbons (Fsp3) is 0.385. The number of nitrogens with two attached hydrogens (primary N) is 1. The van der Waals surface area contributed by atoms with Gasteiger partial charge in [0.2, 0.25) is 0 Å². The Morgan fingerprint density at radius 1 is 1.53 bits per heavy atom. The van der Waals surface area contributed by atoms with Gasteiger partial charge in [0.05, 0.1) is 5.69 Å². The van der Waals surface area contributed by atoms with E-state index in [1.807, 2.05) is 19.1 Å². The van der Waals surface area contributed by atoms with Crippen molar-refractivity contribution in [1.82, 2.24) is 10.2 Å². The summed E-state index contributed by atoms with van der Waals surface area (Å²) in [4.78, 5) is 11.2. The van der Waals surface area contributed by atoms with Crippen LogP contribution in [0.15, 0.2) is 23.8 Å². The summed E-state index contributed by atoms with van der Waals surface area (Å²) in [6, 6.07) is 0. The molecule has 0 aliphatic carbocycles. The Bertz CT molecular complexity index is 455. The molecule has 0 atom stereocenters. The molecule has 0 aromatic carbocycles. The van der Waals surface area contributed by atoms with Gasteiger partial charge in [-0.15, -0.1) is 0 Å². The Hall–Kier alpha value is -1.84. The van der Waals surface area contributed by atoms with Crippen LogP contribution in [0.5, 0.6) is 0 Å². The first-order valence-electron chi connectivity index (χ1n) is 5.73. The third kappa shape index (κ3) is 3.59. The predicted molar refractivity (Wildman–Crippen MR) is 68.7 cm³/mol. The first-order valence-corrected chi connectivity index (χ1v) is 5.73. The number of aromatic amines is 1. The predicted octanol–water partition coefficient (Wildman–Crippen LogP) is 2.27. The maximum absolute atomic E-state index is 11.2. The fourth-order valence-corrected chi connectivity index (χ4v) is 1.66. The maximum atomic E-state index is 11.2. The van der Waals surface area contributed by atoms with Crippen LogP contribution in [0.2, 0.25) is 0 Å². The molecule has 1 rings (SSSR count). The molecule has 0 bridgehead atoms. The molecular formula is C13H19N3O. The number of carbonyl (C=O) groups is 1. The average molecular weight is 233 g/mol. The number of hydrogen-bond donors (Lipinski definition) is 2. The molecule has 1 aromatic rings. The zero-order valence-corrected chi connectivity index (χ0v) is 10.6. The van der Waals surface area contributed by atoms with Crippen molar-refractivity contribution in [2.75, 3.05) is 0 Å². The summed E-state index contributed by atoms with van der Waals surface area (Å²) >= 11 is 0. The third-order valence-corrected chi connectivity index (χ3v) is 2.55. The van der Waals surface area contributed by atoms with Gasteiger partial charge in [0.15, 0.2) is 0 Å². The van der Waals surface area contributed by atoms with Crippen LogP contribution in [-0.4, -0.2) is 16.1 Å². The van der Waals surface area contributed by atoms with Crippen LogP contribution in [0.4, 0.5) is 0 Å². The zero-order chi connectivity index (χ0) is 12.8. The molecule has 17 heavy (non-hydrogen) atoms. The second kappa shape index (κ2) is 6.03. The summed E-state index contributed by atoms with van der Waals surface area (Å²) in [5.74, 6) is -0.463. The van der Waals surface area contributed by atoms with Gasteiger partial charge < -0.3 is 5.73 Å². The molecule has 0 fully saturated rings. The van der Waals surface area contributed by atoms with Gasteiger partial charge in [-0.05, 0) is 26.7 Å². The van der Waals surface area contributed by atoms with E-state index in [2.05, 4.69) is 30.1 Å². The molecule has 0 unspecified atom stereocenters. The normalized spacial score (nSPS) is 12.3. The number of nitrogens with zero attached hydrogens (tertiary/aromatic N) is 1. The summed E-state index contributed by atoms with van der Waals surface area (Å²) in [5.41, 5.74) is 8.58. The zero-order valence-electron chi connectivity index (χ0n) is 10.6. The number of allylic oxidation sites excluding steroid dienone is 4. The molecule has 0 spiro atoms. The highest BCUT2D eigenvalue weighted by atomic mass is 16.1. The van der Waals surface area contributed by atoms with Gasteiger partial charge in [-0.1, -0.05) is 30.7 Å². The van der Waals surface area contributed by atoms with E-state index in [0.29, 0.717) is 12.1 Å². The molecule has 0 aliphatic rings. The van der Waals surface area contributed by atoms with E-state index in [-0.39, 0.29) is 0 Å². The highest BCUT2D eigenvalue weighted by Gasteiger charge is 2.12. The molecular weight excluding hydrogens is 214 g/mol. The van der Waals surface area contributed by atoms with Crippen molar-refractivity contribution < 1.29 is 4.79 Å². The summed E-state index contributed by atoms with van der Waals surface area (Å²) in [6.07, 6.45) is 7.89. The van der Waals surface area contributed by atoms with Crippen LogP contribution in [-0.2, 0) is 6.42 Å². The topological polar surface area (TPSA) is 71.8 Å². The molecule has 1 aromatic heterocycles. The number of carbonyl (C=O) groups excluding carboxylic acids is 1. The van der Waals surface area contributed by atoms with Crippen molar-refractivity contribution in [3.63, 3.8) is 0 Å². The number of rotatable bonds is 5. The second-order valence-corrected chi connectivity index (χ2v) is 3.99. The van der Waals surface area contributed by atoms with Crippen LogP contribution in [0.1, 0.15) is 42.0 Å². The van der Waals surface area contributed by atoms with Gasteiger partial charge in [0, 0.05) is 5.56 Å². The van der Waals surface area contributed by atoms with Gasteiger partial charge in [-0.3, -0.25) is 9.89 Å². The molecule has 0 radical (unpaired) electrons. The number of amides is 1. The Kier molecular flexibility index (Phi) is 4.69.